The number of sulfonamides is 1. The summed E-state index contributed by atoms with van der Waals surface area (Å²) in [7, 11) is -4.42. The predicted molar refractivity (Wildman–Crippen MR) is 109 cm³/mol. The first-order valence-electron chi connectivity index (χ1n) is 9.23. The Hall–Kier alpha value is -3.37. The largest absolute Gasteiger partial charge is 0.439 e. The second kappa shape index (κ2) is 10.1. The minimum atomic E-state index is -4.42. The highest BCUT2D eigenvalue weighted by atomic mass is 32.2. The maximum atomic E-state index is 13.7. The molecule has 3 aromatic rings. The van der Waals surface area contributed by atoms with Crippen molar-refractivity contribution in [3.8, 4) is 11.6 Å². The third kappa shape index (κ3) is 6.30. The van der Waals surface area contributed by atoms with Crippen molar-refractivity contribution in [1.82, 2.24) is 15.0 Å². The van der Waals surface area contributed by atoms with E-state index in [2.05, 4.69) is 10.3 Å². The number of hydrogen-bond donors (Lipinski definition) is 2. The fourth-order valence-electron chi connectivity index (χ4n) is 2.65. The molecule has 0 aliphatic carbocycles. The van der Waals surface area contributed by atoms with Crippen LogP contribution in [0.5, 0.6) is 11.6 Å². The summed E-state index contributed by atoms with van der Waals surface area (Å²) < 4.78 is 59.1. The molecule has 0 aliphatic rings. The number of benzene rings is 2. The summed E-state index contributed by atoms with van der Waals surface area (Å²) in [5, 5.41) is 2.65. The first kappa shape index (κ1) is 22.3. The first-order chi connectivity index (χ1) is 14.8. The minimum absolute atomic E-state index is 0.187. The monoisotopic (exact) mass is 447 g/mol. The molecule has 0 unspecified atom stereocenters. The number of nitrogens with zero attached hydrogens (tertiary/aromatic N) is 1. The van der Waals surface area contributed by atoms with Crippen molar-refractivity contribution in [2.75, 3.05) is 6.54 Å². The van der Waals surface area contributed by atoms with Gasteiger partial charge in [-0.2, -0.15) is 0 Å². The van der Waals surface area contributed by atoms with Crippen LogP contribution in [0.15, 0.2) is 71.8 Å². The van der Waals surface area contributed by atoms with Crippen LogP contribution in [0.2, 0.25) is 0 Å². The molecule has 3 rings (SSSR count). The molecule has 0 atom stereocenters. The van der Waals surface area contributed by atoms with Crippen molar-refractivity contribution in [2.24, 2.45) is 0 Å². The molecule has 0 saturated carbocycles. The molecule has 31 heavy (non-hydrogen) atoms. The van der Waals surface area contributed by atoms with Gasteiger partial charge in [0.15, 0.2) is 4.90 Å². The SMILES string of the molecule is O=C(CCNS(=O)(=O)c1c(F)cccc1F)NCc1cccc(Oc2ccccn2)c1. The number of amides is 1. The molecule has 0 fully saturated rings. The van der Waals surface area contributed by atoms with E-state index in [9.17, 15) is 22.0 Å². The number of ether oxygens (including phenoxy) is 1. The highest BCUT2D eigenvalue weighted by Gasteiger charge is 2.23. The number of carbonyl (C=O) groups excluding carboxylic acids is 1. The molecule has 1 heterocycles. The van der Waals surface area contributed by atoms with E-state index in [0.29, 0.717) is 11.6 Å². The zero-order valence-corrected chi connectivity index (χ0v) is 17.0. The lowest BCUT2D eigenvalue weighted by molar-refractivity contribution is -0.121. The molecule has 0 spiro atoms. The molecule has 7 nitrogen and oxygen atoms in total. The maximum Gasteiger partial charge on any atom is 0.246 e. The molecule has 0 radical (unpaired) electrons. The van der Waals surface area contributed by atoms with Crippen LogP contribution in [0.25, 0.3) is 0 Å². The van der Waals surface area contributed by atoms with Crippen LogP contribution < -0.4 is 14.8 Å². The molecular formula is C21H19F2N3O4S. The summed E-state index contributed by atoms with van der Waals surface area (Å²) in [6.07, 6.45) is 1.40. The summed E-state index contributed by atoms with van der Waals surface area (Å²) in [5.41, 5.74) is 0.760. The molecule has 10 heteroatoms. The van der Waals surface area contributed by atoms with Gasteiger partial charge in [-0.05, 0) is 35.9 Å². The van der Waals surface area contributed by atoms with Crippen molar-refractivity contribution in [1.29, 1.82) is 0 Å². The van der Waals surface area contributed by atoms with E-state index in [0.717, 1.165) is 23.8 Å². The summed E-state index contributed by atoms with van der Waals surface area (Å²) in [4.78, 5) is 15.0. The van der Waals surface area contributed by atoms with Crippen LogP contribution >= 0.6 is 0 Å². The number of carbonyl (C=O) groups is 1. The predicted octanol–water partition coefficient (Wildman–Crippen LogP) is 3.14. The van der Waals surface area contributed by atoms with Crippen LogP contribution in [-0.2, 0) is 21.4 Å². The minimum Gasteiger partial charge on any atom is -0.439 e. The molecule has 0 aliphatic heterocycles. The van der Waals surface area contributed by atoms with Crippen LogP contribution in [0.3, 0.4) is 0 Å². The van der Waals surface area contributed by atoms with Crippen molar-refractivity contribution in [3.63, 3.8) is 0 Å². The van der Waals surface area contributed by atoms with Gasteiger partial charge in [0, 0.05) is 31.8 Å². The average molecular weight is 447 g/mol. The molecule has 0 saturated heterocycles. The summed E-state index contributed by atoms with van der Waals surface area (Å²) in [6, 6.07) is 15.1. The van der Waals surface area contributed by atoms with Crippen LogP contribution in [0.1, 0.15) is 12.0 Å². The van der Waals surface area contributed by atoms with E-state index in [1.807, 2.05) is 4.72 Å². The van der Waals surface area contributed by atoms with Gasteiger partial charge in [0.25, 0.3) is 0 Å². The fraction of sp³-hybridized carbons (Fsp3) is 0.143. The average Bonchev–Trinajstić information content (AvgIpc) is 2.73. The third-order valence-electron chi connectivity index (χ3n) is 4.08. The Morgan fingerprint density at radius 2 is 1.74 bits per heavy atom. The lowest BCUT2D eigenvalue weighted by Gasteiger charge is -2.10. The van der Waals surface area contributed by atoms with E-state index in [4.69, 9.17) is 4.74 Å². The Kier molecular flexibility index (Phi) is 7.27. The van der Waals surface area contributed by atoms with Crippen molar-refractivity contribution in [2.45, 2.75) is 17.9 Å². The van der Waals surface area contributed by atoms with Gasteiger partial charge < -0.3 is 10.1 Å². The molecule has 0 bridgehead atoms. The highest BCUT2D eigenvalue weighted by molar-refractivity contribution is 7.89. The molecule has 1 amide bonds. The van der Waals surface area contributed by atoms with Gasteiger partial charge in [-0.3, -0.25) is 4.79 Å². The molecule has 2 aromatic carbocycles. The smallest absolute Gasteiger partial charge is 0.246 e. The standard InChI is InChI=1S/C21H19F2N3O4S/c22-17-7-4-8-18(23)21(17)31(28,29)26-12-10-19(27)25-14-15-5-3-6-16(13-15)30-20-9-1-2-11-24-20/h1-9,11,13,26H,10,12,14H2,(H,25,27). The summed E-state index contributed by atoms with van der Waals surface area (Å²) in [6.45, 7) is -0.127. The second-order valence-corrected chi connectivity index (χ2v) is 8.10. The molecule has 2 N–H and O–H groups in total. The zero-order valence-electron chi connectivity index (χ0n) is 16.2. The lowest BCUT2D eigenvalue weighted by Crippen LogP contribution is -2.31. The van der Waals surface area contributed by atoms with E-state index >= 15 is 0 Å². The van der Waals surface area contributed by atoms with Gasteiger partial charge in [-0.25, -0.2) is 26.9 Å². The van der Waals surface area contributed by atoms with Gasteiger partial charge >= 0.3 is 0 Å². The van der Waals surface area contributed by atoms with Gasteiger partial charge in [0.05, 0.1) is 0 Å². The second-order valence-electron chi connectivity index (χ2n) is 6.39. The summed E-state index contributed by atoms with van der Waals surface area (Å²) >= 11 is 0. The number of hydrogen-bond acceptors (Lipinski definition) is 5. The lowest BCUT2D eigenvalue weighted by atomic mass is 10.2. The Balaban J connectivity index is 1.49. The number of nitrogens with one attached hydrogen (secondary N) is 2. The van der Waals surface area contributed by atoms with Crippen molar-refractivity contribution in [3.05, 3.63) is 84.1 Å². The van der Waals surface area contributed by atoms with Gasteiger partial charge in [-0.15, -0.1) is 0 Å². The Labute approximate surface area is 178 Å². The quantitative estimate of drug-likeness (QED) is 0.525. The van der Waals surface area contributed by atoms with E-state index in [1.54, 1.807) is 48.7 Å². The van der Waals surface area contributed by atoms with Crippen LogP contribution in [0.4, 0.5) is 8.78 Å². The van der Waals surface area contributed by atoms with E-state index in [1.165, 1.54) is 0 Å². The van der Waals surface area contributed by atoms with Gasteiger partial charge in [0.1, 0.15) is 17.4 Å². The van der Waals surface area contributed by atoms with Crippen molar-refractivity contribution < 1.29 is 26.7 Å². The maximum absolute atomic E-state index is 13.7. The van der Waals surface area contributed by atoms with Crippen LogP contribution in [-0.4, -0.2) is 25.9 Å². The number of halogens is 2. The zero-order chi connectivity index (χ0) is 22.3. The Morgan fingerprint density at radius 3 is 2.45 bits per heavy atom. The normalized spacial score (nSPS) is 11.2. The van der Waals surface area contributed by atoms with Gasteiger partial charge in [0.2, 0.25) is 21.8 Å². The first-order valence-corrected chi connectivity index (χ1v) is 10.7. The summed E-state index contributed by atoms with van der Waals surface area (Å²) in [5.74, 6) is -1.87. The fourth-order valence-corrected chi connectivity index (χ4v) is 3.81. The topological polar surface area (TPSA) is 97.4 Å². The number of rotatable bonds is 9. The Morgan fingerprint density at radius 1 is 1.00 bits per heavy atom. The van der Waals surface area contributed by atoms with Crippen molar-refractivity contribution >= 4 is 15.9 Å². The number of aromatic nitrogens is 1. The molecular weight excluding hydrogens is 428 g/mol. The van der Waals surface area contributed by atoms with Gasteiger partial charge in [-0.1, -0.05) is 24.3 Å². The van der Waals surface area contributed by atoms with Crippen LogP contribution in [0, 0.1) is 11.6 Å². The van der Waals surface area contributed by atoms with E-state index in [-0.39, 0.29) is 19.5 Å². The Bertz CT molecular complexity index is 1140. The van der Waals surface area contributed by atoms with E-state index < -0.39 is 32.5 Å². The third-order valence-corrected chi connectivity index (χ3v) is 5.59. The molecule has 1 aromatic heterocycles. The highest BCUT2D eigenvalue weighted by Crippen LogP contribution is 2.20. The molecule has 162 valence electrons. The number of pyridine rings is 1.